The lowest BCUT2D eigenvalue weighted by Gasteiger charge is -2.38. The van der Waals surface area contributed by atoms with Crippen LogP contribution in [0, 0.1) is 13.8 Å². The van der Waals surface area contributed by atoms with Crippen LogP contribution >= 0.6 is 0 Å². The van der Waals surface area contributed by atoms with E-state index >= 15 is 0 Å². The topological polar surface area (TPSA) is 29.0 Å². The highest BCUT2D eigenvalue weighted by Gasteiger charge is 2.28. The predicted molar refractivity (Wildman–Crippen MR) is 132 cm³/mol. The number of hydrogen-bond donors (Lipinski definition) is 0. The number of benzene rings is 2. The number of anilines is 1. The minimum atomic E-state index is 0.0440. The molecule has 0 bridgehead atoms. The van der Waals surface area contributed by atoms with Gasteiger partial charge in [-0.05, 0) is 67.0 Å². The summed E-state index contributed by atoms with van der Waals surface area (Å²) in [5.74, 6) is 0. The maximum Gasteiger partial charge on any atom is 0.0784 e. The van der Waals surface area contributed by atoms with Crippen molar-refractivity contribution in [1.29, 1.82) is 0 Å². The van der Waals surface area contributed by atoms with E-state index in [9.17, 15) is 0 Å². The van der Waals surface area contributed by atoms with Crippen molar-refractivity contribution >= 4 is 17.0 Å². The third-order valence-electron chi connectivity index (χ3n) is 5.89. The fourth-order valence-electron chi connectivity index (χ4n) is 4.14. The first-order valence-electron chi connectivity index (χ1n) is 10.9. The van der Waals surface area contributed by atoms with Crippen LogP contribution in [0.5, 0.6) is 0 Å². The summed E-state index contributed by atoms with van der Waals surface area (Å²) in [6, 6.07) is 25.9. The van der Waals surface area contributed by atoms with Crippen LogP contribution < -0.4 is 4.90 Å². The molecule has 0 spiro atoms. The third-order valence-corrected chi connectivity index (χ3v) is 5.89. The number of aryl methyl sites for hydroxylation is 2. The molecule has 1 aliphatic rings. The molecule has 0 saturated carbocycles. The Bertz CT molecular complexity index is 1260. The summed E-state index contributed by atoms with van der Waals surface area (Å²) >= 11 is 0. The van der Waals surface area contributed by atoms with Crippen LogP contribution in [0.3, 0.4) is 0 Å². The largest absolute Gasteiger partial charge is 0.330 e. The van der Waals surface area contributed by atoms with Gasteiger partial charge >= 0.3 is 0 Å². The molecule has 3 heteroatoms. The summed E-state index contributed by atoms with van der Waals surface area (Å²) in [4.78, 5) is 10.9. The van der Waals surface area contributed by atoms with Crippen molar-refractivity contribution in [1.82, 2.24) is 9.97 Å². The Kier molecular flexibility index (Phi) is 5.39. The molecule has 156 valence electrons. The first kappa shape index (κ1) is 20.0. The quantitative estimate of drug-likeness (QED) is 0.368. The molecule has 2 aromatic carbocycles. The van der Waals surface area contributed by atoms with Gasteiger partial charge in [0.05, 0.1) is 6.04 Å². The zero-order valence-electron chi connectivity index (χ0n) is 18.3. The summed E-state index contributed by atoms with van der Waals surface area (Å²) in [6.07, 6.45) is 12.1. The third kappa shape index (κ3) is 3.97. The zero-order valence-corrected chi connectivity index (χ0v) is 18.3. The summed E-state index contributed by atoms with van der Waals surface area (Å²) in [5.41, 5.74) is 9.57. The molecule has 2 aromatic heterocycles. The van der Waals surface area contributed by atoms with Crippen LogP contribution in [-0.4, -0.2) is 9.97 Å². The molecular weight excluding hydrogens is 390 g/mol. The van der Waals surface area contributed by atoms with Gasteiger partial charge in [-0.3, -0.25) is 9.97 Å². The molecule has 4 aromatic rings. The minimum absolute atomic E-state index is 0.0440. The molecule has 1 unspecified atom stereocenters. The van der Waals surface area contributed by atoms with Gasteiger partial charge in [0.1, 0.15) is 0 Å². The van der Waals surface area contributed by atoms with Crippen molar-refractivity contribution in [2.45, 2.75) is 19.9 Å². The van der Waals surface area contributed by atoms with E-state index in [1.54, 1.807) is 0 Å². The lowest BCUT2D eigenvalue weighted by Crippen LogP contribution is -2.28. The van der Waals surface area contributed by atoms with Gasteiger partial charge in [0.2, 0.25) is 0 Å². The number of rotatable bonds is 4. The van der Waals surface area contributed by atoms with E-state index in [1.807, 2.05) is 24.8 Å². The van der Waals surface area contributed by atoms with Gasteiger partial charge in [-0.25, -0.2) is 0 Å². The lowest BCUT2D eigenvalue weighted by atomic mass is 9.90. The van der Waals surface area contributed by atoms with E-state index in [4.69, 9.17) is 0 Å². The van der Waals surface area contributed by atoms with E-state index in [0.29, 0.717) is 0 Å². The fraction of sp³-hybridized carbons (Fsp3) is 0.103. The van der Waals surface area contributed by atoms with Gasteiger partial charge in [-0.1, -0.05) is 59.7 Å². The first-order chi connectivity index (χ1) is 15.7. The molecule has 1 aliphatic heterocycles. The van der Waals surface area contributed by atoms with Gasteiger partial charge in [0.25, 0.3) is 0 Å². The molecule has 0 N–H and O–H groups in total. The molecule has 5 rings (SSSR count). The van der Waals surface area contributed by atoms with Crippen LogP contribution in [0.4, 0.5) is 5.69 Å². The van der Waals surface area contributed by atoms with Crippen molar-refractivity contribution in [3.63, 3.8) is 0 Å². The van der Waals surface area contributed by atoms with E-state index in [0.717, 1.165) is 16.9 Å². The van der Waals surface area contributed by atoms with Crippen LogP contribution in [-0.2, 0) is 0 Å². The maximum atomic E-state index is 4.25. The molecule has 0 amide bonds. The van der Waals surface area contributed by atoms with Crippen LogP contribution in [0.25, 0.3) is 11.3 Å². The molecule has 0 aliphatic carbocycles. The standard InChI is InChI=1S/C29H25N3/c1-21-3-7-23(8-4-21)26-19-28(24-9-5-22(2)6-10-24)32(27-13-17-31-18-14-27)29(20-26)25-11-15-30-16-12-25/h3-20,28H,1-2H3. The van der Waals surface area contributed by atoms with Crippen LogP contribution in [0.15, 0.2) is 110 Å². The summed E-state index contributed by atoms with van der Waals surface area (Å²) < 4.78 is 0. The first-order valence-corrected chi connectivity index (χ1v) is 10.9. The summed E-state index contributed by atoms with van der Waals surface area (Å²) in [7, 11) is 0. The van der Waals surface area contributed by atoms with Crippen molar-refractivity contribution in [3.05, 3.63) is 138 Å². The Hall–Kier alpha value is -3.98. The van der Waals surface area contributed by atoms with Crippen LogP contribution in [0.1, 0.15) is 33.9 Å². The molecule has 0 fully saturated rings. The average molecular weight is 416 g/mol. The molecule has 1 atom stereocenters. The molecular formula is C29H25N3. The fourth-order valence-corrected chi connectivity index (χ4v) is 4.14. The Labute approximate surface area is 189 Å². The van der Waals surface area contributed by atoms with Crippen molar-refractivity contribution in [3.8, 4) is 0 Å². The Balaban J connectivity index is 1.73. The van der Waals surface area contributed by atoms with Crippen molar-refractivity contribution in [2.24, 2.45) is 0 Å². The van der Waals surface area contributed by atoms with E-state index in [1.165, 1.54) is 27.8 Å². The SMILES string of the molecule is Cc1ccc(C2=CC(c3ccc(C)cc3)N(c3ccncc3)C(c3ccncc3)=C2)cc1. The zero-order chi connectivity index (χ0) is 21.9. The average Bonchev–Trinajstić information content (AvgIpc) is 2.85. The smallest absolute Gasteiger partial charge is 0.0784 e. The number of allylic oxidation sites excluding steroid dienone is 2. The maximum absolute atomic E-state index is 4.25. The summed E-state index contributed by atoms with van der Waals surface area (Å²) in [5, 5.41) is 0. The predicted octanol–water partition coefficient (Wildman–Crippen LogP) is 6.78. The van der Waals surface area contributed by atoms with Gasteiger partial charge < -0.3 is 4.90 Å². The van der Waals surface area contributed by atoms with E-state index in [-0.39, 0.29) is 6.04 Å². The van der Waals surface area contributed by atoms with Crippen molar-refractivity contribution in [2.75, 3.05) is 4.90 Å². The lowest BCUT2D eigenvalue weighted by molar-refractivity contribution is 0.849. The van der Waals surface area contributed by atoms with Crippen LogP contribution in [0.2, 0.25) is 0 Å². The summed E-state index contributed by atoms with van der Waals surface area (Å²) in [6.45, 7) is 4.25. The second kappa shape index (κ2) is 8.64. The highest BCUT2D eigenvalue weighted by atomic mass is 15.2. The molecule has 32 heavy (non-hydrogen) atoms. The normalized spacial score (nSPS) is 15.8. The van der Waals surface area contributed by atoms with E-state index in [2.05, 4.69) is 114 Å². The van der Waals surface area contributed by atoms with Gasteiger partial charge in [-0.15, -0.1) is 0 Å². The Morgan fingerprint density at radius 3 is 1.81 bits per heavy atom. The minimum Gasteiger partial charge on any atom is -0.330 e. The highest BCUT2D eigenvalue weighted by Crippen LogP contribution is 2.42. The highest BCUT2D eigenvalue weighted by molar-refractivity contribution is 5.93. The number of hydrogen-bond acceptors (Lipinski definition) is 3. The Morgan fingerprint density at radius 1 is 0.625 bits per heavy atom. The number of nitrogens with zero attached hydrogens (tertiary/aromatic N) is 3. The Morgan fingerprint density at radius 2 is 1.19 bits per heavy atom. The van der Waals surface area contributed by atoms with Crippen molar-refractivity contribution < 1.29 is 0 Å². The molecule has 0 radical (unpaired) electrons. The second-order valence-electron chi connectivity index (χ2n) is 8.18. The molecule has 3 heterocycles. The molecule has 0 saturated heterocycles. The van der Waals surface area contributed by atoms with Gasteiger partial charge in [-0.2, -0.15) is 0 Å². The van der Waals surface area contributed by atoms with Gasteiger partial charge in [0, 0.05) is 41.7 Å². The van der Waals surface area contributed by atoms with Gasteiger partial charge in [0.15, 0.2) is 0 Å². The van der Waals surface area contributed by atoms with E-state index < -0.39 is 0 Å². The number of pyridine rings is 2. The second-order valence-corrected chi connectivity index (χ2v) is 8.18. The monoisotopic (exact) mass is 415 g/mol. The molecule has 3 nitrogen and oxygen atoms in total. The number of aromatic nitrogens is 2.